The van der Waals surface area contributed by atoms with Gasteiger partial charge >= 0.3 is 0 Å². The first kappa shape index (κ1) is 22.6. The molecule has 2 aliphatic carbocycles. The van der Waals surface area contributed by atoms with Crippen molar-refractivity contribution >= 4 is 17.5 Å². The van der Waals surface area contributed by atoms with Gasteiger partial charge in [0.05, 0.1) is 11.6 Å². The molecule has 34 heavy (non-hydrogen) atoms. The molecule has 1 saturated carbocycles. The second-order valence-corrected chi connectivity index (χ2v) is 9.93. The largest absolute Gasteiger partial charge is 0.337 e. The Morgan fingerprint density at radius 3 is 2.62 bits per heavy atom. The number of nitriles is 1. The molecule has 5 rings (SSSR count). The average Bonchev–Trinajstić information content (AvgIpc) is 3.54. The van der Waals surface area contributed by atoms with Gasteiger partial charge in [-0.25, -0.2) is 0 Å². The van der Waals surface area contributed by atoms with E-state index in [1.165, 1.54) is 24.0 Å². The molecule has 1 unspecified atom stereocenters. The van der Waals surface area contributed by atoms with Crippen molar-refractivity contribution in [2.75, 3.05) is 25.0 Å². The van der Waals surface area contributed by atoms with Gasteiger partial charge in [0, 0.05) is 48.9 Å². The van der Waals surface area contributed by atoms with Crippen LogP contribution in [0.2, 0.25) is 0 Å². The molecule has 1 heterocycles. The number of piperazine rings is 1. The summed E-state index contributed by atoms with van der Waals surface area (Å²) in [5.74, 6) is 0.407. The van der Waals surface area contributed by atoms with Gasteiger partial charge in [-0.05, 0) is 68.0 Å². The molecule has 1 saturated heterocycles. The lowest BCUT2D eigenvalue weighted by Gasteiger charge is -2.43. The maximum atomic E-state index is 13.0. The monoisotopic (exact) mass is 456 g/mol. The minimum Gasteiger partial charge on any atom is -0.337 e. The standard InChI is InChI=1S/C28H32N4O2/c1-19-18-31(14-15-32(19)28(34)21-7-2-3-8-21)26-13-12-23-24(26)10-5-11-25(23)30-27(33)22-9-4-6-20(16-22)17-29/h4-6,9-11,16,19,21,26H,2-3,7-8,12-15,18H2,1H3,(H,30,33)/t19-,26?/m0/s1. The van der Waals surface area contributed by atoms with Crippen LogP contribution in [0.15, 0.2) is 42.5 Å². The van der Waals surface area contributed by atoms with Gasteiger partial charge in [-0.1, -0.05) is 31.0 Å². The number of carbonyl (C=O) groups excluding carboxylic acids is 2. The Morgan fingerprint density at radius 2 is 1.85 bits per heavy atom. The fourth-order valence-electron chi connectivity index (χ4n) is 6.06. The predicted molar refractivity (Wildman–Crippen MR) is 131 cm³/mol. The highest BCUT2D eigenvalue weighted by Gasteiger charge is 2.37. The van der Waals surface area contributed by atoms with E-state index in [2.05, 4.69) is 34.2 Å². The maximum Gasteiger partial charge on any atom is 0.255 e. The molecule has 0 spiro atoms. The van der Waals surface area contributed by atoms with Crippen molar-refractivity contribution in [3.63, 3.8) is 0 Å². The summed E-state index contributed by atoms with van der Waals surface area (Å²) in [6.45, 7) is 4.76. The van der Waals surface area contributed by atoms with Gasteiger partial charge in [-0.15, -0.1) is 0 Å². The molecule has 0 bridgehead atoms. The van der Waals surface area contributed by atoms with Crippen LogP contribution in [0.4, 0.5) is 5.69 Å². The van der Waals surface area contributed by atoms with Crippen molar-refractivity contribution in [1.82, 2.24) is 9.80 Å². The number of fused-ring (bicyclic) bond motifs is 1. The first-order valence-corrected chi connectivity index (χ1v) is 12.5. The highest BCUT2D eigenvalue weighted by atomic mass is 16.2. The Bertz CT molecular complexity index is 1130. The summed E-state index contributed by atoms with van der Waals surface area (Å²) in [5.41, 5.74) is 4.31. The van der Waals surface area contributed by atoms with Crippen LogP contribution in [-0.4, -0.2) is 47.3 Å². The maximum absolute atomic E-state index is 13.0. The van der Waals surface area contributed by atoms with Crippen molar-refractivity contribution in [1.29, 1.82) is 5.26 Å². The van der Waals surface area contributed by atoms with Crippen LogP contribution in [0.25, 0.3) is 0 Å². The zero-order chi connectivity index (χ0) is 23.7. The molecule has 176 valence electrons. The first-order chi connectivity index (χ1) is 16.5. The lowest BCUT2D eigenvalue weighted by atomic mass is 10.0. The third-order valence-electron chi connectivity index (χ3n) is 7.83. The van der Waals surface area contributed by atoms with Crippen molar-refractivity contribution in [2.45, 2.75) is 57.5 Å². The summed E-state index contributed by atoms with van der Waals surface area (Å²) in [6, 6.07) is 15.6. The van der Waals surface area contributed by atoms with E-state index in [-0.39, 0.29) is 17.9 Å². The number of hydrogen-bond acceptors (Lipinski definition) is 4. The average molecular weight is 457 g/mol. The van der Waals surface area contributed by atoms with E-state index >= 15 is 0 Å². The molecule has 1 N–H and O–H groups in total. The third kappa shape index (κ3) is 4.33. The van der Waals surface area contributed by atoms with Crippen LogP contribution in [0.3, 0.4) is 0 Å². The molecule has 1 aliphatic heterocycles. The van der Waals surface area contributed by atoms with Crippen molar-refractivity contribution < 1.29 is 9.59 Å². The number of carbonyl (C=O) groups is 2. The molecule has 2 amide bonds. The van der Waals surface area contributed by atoms with Crippen LogP contribution in [0.1, 0.15) is 72.1 Å². The van der Waals surface area contributed by atoms with Crippen LogP contribution in [-0.2, 0) is 11.2 Å². The van der Waals surface area contributed by atoms with E-state index in [0.29, 0.717) is 23.1 Å². The molecular weight excluding hydrogens is 424 g/mol. The Kier molecular flexibility index (Phi) is 6.38. The summed E-state index contributed by atoms with van der Waals surface area (Å²) in [6.07, 6.45) is 6.42. The van der Waals surface area contributed by atoms with Gasteiger partial charge in [0.2, 0.25) is 5.91 Å². The SMILES string of the molecule is C[C@H]1CN(C2CCc3c(NC(=O)c4cccc(C#N)c4)cccc32)CCN1C(=O)C1CCCC1. The second kappa shape index (κ2) is 9.60. The Balaban J connectivity index is 1.28. The quantitative estimate of drug-likeness (QED) is 0.734. The normalized spacial score (nSPS) is 22.9. The van der Waals surface area contributed by atoms with E-state index in [1.54, 1.807) is 24.3 Å². The number of hydrogen-bond donors (Lipinski definition) is 1. The lowest BCUT2D eigenvalue weighted by molar-refractivity contribution is -0.140. The van der Waals surface area contributed by atoms with Crippen LogP contribution >= 0.6 is 0 Å². The zero-order valence-corrected chi connectivity index (χ0v) is 19.8. The minimum atomic E-state index is -0.193. The smallest absolute Gasteiger partial charge is 0.255 e. The highest BCUT2D eigenvalue weighted by Crippen LogP contribution is 2.40. The van der Waals surface area contributed by atoms with E-state index in [4.69, 9.17) is 5.26 Å². The van der Waals surface area contributed by atoms with E-state index in [9.17, 15) is 9.59 Å². The molecule has 2 aromatic carbocycles. The van der Waals surface area contributed by atoms with Gasteiger partial charge in [0.1, 0.15) is 0 Å². The lowest BCUT2D eigenvalue weighted by Crippen LogP contribution is -2.55. The molecule has 0 radical (unpaired) electrons. The van der Waals surface area contributed by atoms with E-state index in [1.807, 2.05) is 12.1 Å². The van der Waals surface area contributed by atoms with Gasteiger partial charge in [0.15, 0.2) is 0 Å². The van der Waals surface area contributed by atoms with Gasteiger partial charge in [0.25, 0.3) is 5.91 Å². The molecule has 6 heteroatoms. The number of anilines is 1. The van der Waals surface area contributed by atoms with Crippen LogP contribution in [0, 0.1) is 17.2 Å². The Hall–Kier alpha value is -3.17. The van der Waals surface area contributed by atoms with Gasteiger partial charge in [-0.3, -0.25) is 14.5 Å². The number of amides is 2. The fourth-order valence-corrected chi connectivity index (χ4v) is 6.06. The van der Waals surface area contributed by atoms with Gasteiger partial charge in [-0.2, -0.15) is 5.26 Å². The highest BCUT2D eigenvalue weighted by molar-refractivity contribution is 6.05. The molecule has 2 fully saturated rings. The third-order valence-corrected chi connectivity index (χ3v) is 7.83. The van der Waals surface area contributed by atoms with Crippen molar-refractivity contribution in [3.8, 4) is 6.07 Å². The molecular formula is C28H32N4O2. The predicted octanol–water partition coefficient (Wildman–Crippen LogP) is 4.52. The molecule has 3 aliphatic rings. The second-order valence-electron chi connectivity index (χ2n) is 9.93. The number of nitrogens with zero attached hydrogens (tertiary/aromatic N) is 3. The fraction of sp³-hybridized carbons (Fsp3) is 0.464. The summed E-state index contributed by atoms with van der Waals surface area (Å²) in [7, 11) is 0. The van der Waals surface area contributed by atoms with Crippen molar-refractivity contribution in [3.05, 3.63) is 64.7 Å². The first-order valence-electron chi connectivity index (χ1n) is 12.5. The van der Waals surface area contributed by atoms with E-state index < -0.39 is 0 Å². The number of benzene rings is 2. The number of rotatable bonds is 4. The van der Waals surface area contributed by atoms with Gasteiger partial charge < -0.3 is 10.2 Å². The minimum absolute atomic E-state index is 0.193. The summed E-state index contributed by atoms with van der Waals surface area (Å²) >= 11 is 0. The molecule has 0 aromatic heterocycles. The molecule has 2 atom stereocenters. The Labute approximate surface area is 201 Å². The topological polar surface area (TPSA) is 76.4 Å². The zero-order valence-electron chi connectivity index (χ0n) is 19.8. The summed E-state index contributed by atoms with van der Waals surface area (Å²) in [4.78, 5) is 30.5. The van der Waals surface area contributed by atoms with Crippen LogP contribution < -0.4 is 5.32 Å². The summed E-state index contributed by atoms with van der Waals surface area (Å²) < 4.78 is 0. The van der Waals surface area contributed by atoms with Crippen LogP contribution in [0.5, 0.6) is 0 Å². The van der Waals surface area contributed by atoms with E-state index in [0.717, 1.165) is 51.0 Å². The number of nitrogens with one attached hydrogen (secondary N) is 1. The molecule has 2 aromatic rings. The molecule has 6 nitrogen and oxygen atoms in total. The summed E-state index contributed by atoms with van der Waals surface area (Å²) in [5, 5.41) is 12.2. The van der Waals surface area contributed by atoms with Crippen molar-refractivity contribution in [2.24, 2.45) is 5.92 Å². The Morgan fingerprint density at radius 1 is 1.06 bits per heavy atom.